The molecular formula is C24H23ClN4O3. The summed E-state index contributed by atoms with van der Waals surface area (Å²) < 4.78 is 5.16. The number of hydrogen-bond donors (Lipinski definition) is 1. The second-order valence-electron chi connectivity index (χ2n) is 7.38. The number of methoxy groups -OCH3 is 1. The lowest BCUT2D eigenvalue weighted by molar-refractivity contribution is 0.0746. The Morgan fingerprint density at radius 1 is 0.969 bits per heavy atom. The van der Waals surface area contributed by atoms with Crippen LogP contribution in [0, 0.1) is 0 Å². The fraction of sp³-hybridized carbons (Fsp3) is 0.208. The largest absolute Gasteiger partial charge is 0.497 e. The highest BCUT2D eigenvalue weighted by atomic mass is 35.5. The predicted molar refractivity (Wildman–Crippen MR) is 125 cm³/mol. The van der Waals surface area contributed by atoms with Gasteiger partial charge in [0.15, 0.2) is 0 Å². The number of hydrogen-bond acceptors (Lipinski definition) is 5. The summed E-state index contributed by atoms with van der Waals surface area (Å²) in [5.41, 5.74) is 1.75. The Kier molecular flexibility index (Phi) is 6.56. The second kappa shape index (κ2) is 9.70. The van der Waals surface area contributed by atoms with Gasteiger partial charge in [-0.2, -0.15) is 0 Å². The van der Waals surface area contributed by atoms with Gasteiger partial charge in [0, 0.05) is 42.3 Å². The van der Waals surface area contributed by atoms with Gasteiger partial charge in [-0.25, -0.2) is 4.98 Å². The second-order valence-corrected chi connectivity index (χ2v) is 7.81. The summed E-state index contributed by atoms with van der Waals surface area (Å²) in [6.45, 7) is 2.58. The fourth-order valence-electron chi connectivity index (χ4n) is 3.53. The summed E-state index contributed by atoms with van der Waals surface area (Å²) >= 11 is 5.90. The number of anilines is 2. The average molecular weight is 451 g/mol. The van der Waals surface area contributed by atoms with Crippen molar-refractivity contribution in [2.45, 2.75) is 0 Å². The molecule has 0 saturated carbocycles. The number of aromatic nitrogens is 1. The van der Waals surface area contributed by atoms with Gasteiger partial charge >= 0.3 is 0 Å². The lowest BCUT2D eigenvalue weighted by Crippen LogP contribution is -2.49. The minimum absolute atomic E-state index is 0.00452. The Morgan fingerprint density at radius 3 is 2.38 bits per heavy atom. The van der Waals surface area contributed by atoms with Gasteiger partial charge in [-0.15, -0.1) is 0 Å². The number of benzene rings is 2. The van der Waals surface area contributed by atoms with Crippen molar-refractivity contribution >= 4 is 34.9 Å². The third-order valence-electron chi connectivity index (χ3n) is 5.32. The molecule has 1 aromatic heterocycles. The Hall–Kier alpha value is -3.58. The Bertz CT molecular complexity index is 1090. The van der Waals surface area contributed by atoms with Crippen molar-refractivity contribution in [3.05, 3.63) is 83.0 Å². The molecule has 4 rings (SSSR count). The molecule has 0 radical (unpaired) electrons. The number of ether oxygens (including phenoxy) is 1. The van der Waals surface area contributed by atoms with E-state index in [1.807, 2.05) is 17.0 Å². The maximum atomic E-state index is 12.7. The van der Waals surface area contributed by atoms with Crippen molar-refractivity contribution in [1.82, 2.24) is 9.88 Å². The molecule has 2 aromatic carbocycles. The quantitative estimate of drug-likeness (QED) is 0.636. The van der Waals surface area contributed by atoms with Crippen LogP contribution in [-0.2, 0) is 0 Å². The van der Waals surface area contributed by atoms with E-state index in [2.05, 4.69) is 15.2 Å². The van der Waals surface area contributed by atoms with Crippen LogP contribution in [0.15, 0.2) is 66.9 Å². The summed E-state index contributed by atoms with van der Waals surface area (Å²) in [6, 6.07) is 17.6. The smallest absolute Gasteiger partial charge is 0.255 e. The first-order valence-electron chi connectivity index (χ1n) is 10.2. The van der Waals surface area contributed by atoms with Crippen LogP contribution in [0.2, 0.25) is 5.02 Å². The van der Waals surface area contributed by atoms with Gasteiger partial charge in [0.25, 0.3) is 11.8 Å². The van der Waals surface area contributed by atoms with Crippen LogP contribution in [0.1, 0.15) is 20.7 Å². The van der Waals surface area contributed by atoms with Crippen LogP contribution < -0.4 is 15.0 Å². The highest BCUT2D eigenvalue weighted by molar-refractivity contribution is 6.30. The number of rotatable bonds is 5. The molecule has 0 unspecified atom stereocenters. The van der Waals surface area contributed by atoms with Gasteiger partial charge in [-0.1, -0.05) is 17.7 Å². The molecule has 0 atom stereocenters. The summed E-state index contributed by atoms with van der Waals surface area (Å²) in [6.07, 6.45) is 1.64. The van der Waals surface area contributed by atoms with Crippen LogP contribution in [-0.4, -0.2) is 55.0 Å². The number of carbonyl (C=O) groups is 2. The zero-order valence-corrected chi connectivity index (χ0v) is 18.4. The van der Waals surface area contributed by atoms with E-state index in [0.29, 0.717) is 53.8 Å². The van der Waals surface area contributed by atoms with Crippen LogP contribution >= 0.6 is 11.6 Å². The first-order valence-corrected chi connectivity index (χ1v) is 10.6. The number of amides is 2. The molecule has 2 heterocycles. The van der Waals surface area contributed by atoms with Crippen LogP contribution in [0.4, 0.5) is 11.5 Å². The molecule has 0 bridgehead atoms. The molecule has 32 heavy (non-hydrogen) atoms. The zero-order chi connectivity index (χ0) is 22.5. The van der Waals surface area contributed by atoms with E-state index in [4.69, 9.17) is 16.3 Å². The van der Waals surface area contributed by atoms with Crippen molar-refractivity contribution < 1.29 is 14.3 Å². The average Bonchev–Trinajstić information content (AvgIpc) is 2.84. The van der Waals surface area contributed by atoms with Gasteiger partial charge in [-0.05, 0) is 54.6 Å². The Balaban J connectivity index is 1.33. The fourth-order valence-corrected chi connectivity index (χ4v) is 3.65. The van der Waals surface area contributed by atoms with Crippen molar-refractivity contribution in [3.8, 4) is 5.75 Å². The highest BCUT2D eigenvalue weighted by Gasteiger charge is 2.23. The molecule has 1 N–H and O–H groups in total. The molecular weight excluding hydrogens is 428 g/mol. The Labute approximate surface area is 191 Å². The van der Waals surface area contributed by atoms with Crippen molar-refractivity contribution in [3.63, 3.8) is 0 Å². The monoisotopic (exact) mass is 450 g/mol. The van der Waals surface area contributed by atoms with Crippen molar-refractivity contribution in [2.75, 3.05) is 43.5 Å². The minimum atomic E-state index is -0.229. The predicted octanol–water partition coefficient (Wildman–Crippen LogP) is 3.96. The summed E-state index contributed by atoms with van der Waals surface area (Å²) in [4.78, 5) is 33.6. The first-order chi connectivity index (χ1) is 15.5. The number of halogens is 1. The molecule has 1 saturated heterocycles. The van der Waals surface area contributed by atoms with Crippen LogP contribution in [0.5, 0.6) is 5.75 Å². The number of piperazine rings is 1. The summed E-state index contributed by atoms with van der Waals surface area (Å²) in [5, 5.41) is 3.46. The molecule has 2 amide bonds. The molecule has 3 aromatic rings. The van der Waals surface area contributed by atoms with E-state index >= 15 is 0 Å². The number of nitrogens with zero attached hydrogens (tertiary/aromatic N) is 3. The standard InChI is InChI=1S/C24H23ClN4O3/c1-32-21-4-2-3-18(15-21)23(30)27-20-9-10-22(26-16-20)28-11-13-29(14-12-28)24(31)17-5-7-19(25)8-6-17/h2-10,15-16H,11-14H2,1H3,(H,27,30). The third-order valence-corrected chi connectivity index (χ3v) is 5.57. The van der Waals surface area contributed by atoms with E-state index in [1.54, 1.807) is 61.8 Å². The zero-order valence-electron chi connectivity index (χ0n) is 17.6. The van der Waals surface area contributed by atoms with Crippen LogP contribution in [0.25, 0.3) is 0 Å². The van der Waals surface area contributed by atoms with E-state index in [9.17, 15) is 9.59 Å². The molecule has 7 nitrogen and oxygen atoms in total. The molecule has 1 aliphatic heterocycles. The lowest BCUT2D eigenvalue weighted by Gasteiger charge is -2.35. The van der Waals surface area contributed by atoms with E-state index in [0.717, 1.165) is 5.82 Å². The maximum absolute atomic E-state index is 12.7. The molecule has 0 aliphatic carbocycles. The molecule has 164 valence electrons. The SMILES string of the molecule is COc1cccc(C(=O)Nc2ccc(N3CCN(C(=O)c4ccc(Cl)cc4)CC3)nc2)c1. The molecule has 0 spiro atoms. The maximum Gasteiger partial charge on any atom is 0.255 e. The van der Waals surface area contributed by atoms with Gasteiger partial charge in [0.1, 0.15) is 11.6 Å². The summed E-state index contributed by atoms with van der Waals surface area (Å²) in [5.74, 6) is 1.21. The van der Waals surface area contributed by atoms with Gasteiger partial charge < -0.3 is 19.9 Å². The van der Waals surface area contributed by atoms with Crippen LogP contribution in [0.3, 0.4) is 0 Å². The molecule has 1 aliphatic rings. The van der Waals surface area contributed by atoms with Gasteiger partial charge in [0.05, 0.1) is 19.0 Å². The Morgan fingerprint density at radius 2 is 1.72 bits per heavy atom. The van der Waals surface area contributed by atoms with E-state index in [-0.39, 0.29) is 11.8 Å². The molecule has 1 fully saturated rings. The highest BCUT2D eigenvalue weighted by Crippen LogP contribution is 2.19. The van der Waals surface area contributed by atoms with E-state index < -0.39 is 0 Å². The number of pyridine rings is 1. The topological polar surface area (TPSA) is 74.8 Å². The van der Waals surface area contributed by atoms with E-state index in [1.165, 1.54) is 0 Å². The molecule has 8 heteroatoms. The summed E-state index contributed by atoms with van der Waals surface area (Å²) in [7, 11) is 1.56. The van der Waals surface area contributed by atoms with Crippen molar-refractivity contribution in [1.29, 1.82) is 0 Å². The minimum Gasteiger partial charge on any atom is -0.497 e. The van der Waals surface area contributed by atoms with Gasteiger partial charge in [0.2, 0.25) is 0 Å². The lowest BCUT2D eigenvalue weighted by atomic mass is 10.2. The van der Waals surface area contributed by atoms with Crippen molar-refractivity contribution in [2.24, 2.45) is 0 Å². The number of nitrogens with one attached hydrogen (secondary N) is 1. The third kappa shape index (κ3) is 5.00. The first kappa shape index (κ1) is 21.6. The number of carbonyl (C=O) groups excluding carboxylic acids is 2. The van der Waals surface area contributed by atoms with Gasteiger partial charge in [-0.3, -0.25) is 9.59 Å². The normalized spacial score (nSPS) is 13.6.